The zero-order valence-electron chi connectivity index (χ0n) is 10.7. The van der Waals surface area contributed by atoms with Gasteiger partial charge in [-0.2, -0.15) is 0 Å². The number of piperidine rings is 1. The van der Waals surface area contributed by atoms with Crippen molar-refractivity contribution in [3.63, 3.8) is 0 Å². The van der Waals surface area contributed by atoms with Gasteiger partial charge in [0, 0.05) is 19.6 Å². The van der Waals surface area contributed by atoms with Crippen LogP contribution in [0.25, 0.3) is 0 Å². The highest BCUT2D eigenvalue weighted by Gasteiger charge is 2.20. The van der Waals surface area contributed by atoms with E-state index in [0.29, 0.717) is 0 Å². The molecule has 3 nitrogen and oxygen atoms in total. The molecule has 0 aromatic heterocycles. The third-order valence-electron chi connectivity index (χ3n) is 3.24. The highest BCUT2D eigenvalue weighted by molar-refractivity contribution is 4.78. The molecule has 16 heavy (non-hydrogen) atoms. The van der Waals surface area contributed by atoms with E-state index in [9.17, 15) is 5.11 Å². The molecule has 1 aliphatic rings. The minimum atomic E-state index is -0.194. The number of hydrogen-bond donors (Lipinski definition) is 1. The van der Waals surface area contributed by atoms with Gasteiger partial charge in [-0.05, 0) is 45.8 Å². The molecule has 1 rings (SSSR count). The van der Waals surface area contributed by atoms with E-state index in [0.717, 1.165) is 32.1 Å². The SMILES string of the molecule is C=CCN(C)CC1CCN(C[C@H](C)O)CC1. The van der Waals surface area contributed by atoms with Gasteiger partial charge in [0.25, 0.3) is 0 Å². The second kappa shape index (κ2) is 7.05. The number of likely N-dealkylation sites (N-methyl/N-ethyl adjacent to an activating group) is 1. The van der Waals surface area contributed by atoms with Crippen LogP contribution in [-0.4, -0.2) is 60.8 Å². The monoisotopic (exact) mass is 226 g/mol. The number of hydrogen-bond acceptors (Lipinski definition) is 3. The normalized spacial score (nSPS) is 21.2. The van der Waals surface area contributed by atoms with Gasteiger partial charge in [0.05, 0.1) is 6.10 Å². The lowest BCUT2D eigenvalue weighted by atomic mass is 9.96. The van der Waals surface area contributed by atoms with Gasteiger partial charge < -0.3 is 14.9 Å². The van der Waals surface area contributed by atoms with Crippen LogP contribution in [0.5, 0.6) is 0 Å². The van der Waals surface area contributed by atoms with E-state index in [1.54, 1.807) is 0 Å². The first-order valence-corrected chi connectivity index (χ1v) is 6.31. The fourth-order valence-electron chi connectivity index (χ4n) is 2.46. The van der Waals surface area contributed by atoms with Crippen LogP contribution in [-0.2, 0) is 0 Å². The summed E-state index contributed by atoms with van der Waals surface area (Å²) in [5.41, 5.74) is 0. The van der Waals surface area contributed by atoms with Crippen molar-refractivity contribution in [2.75, 3.05) is 39.8 Å². The maximum atomic E-state index is 9.32. The Balaban J connectivity index is 2.18. The van der Waals surface area contributed by atoms with Gasteiger partial charge >= 0.3 is 0 Å². The molecule has 1 heterocycles. The molecule has 0 radical (unpaired) electrons. The summed E-state index contributed by atoms with van der Waals surface area (Å²) in [6.07, 6.45) is 4.28. The van der Waals surface area contributed by atoms with E-state index in [-0.39, 0.29) is 6.10 Å². The highest BCUT2D eigenvalue weighted by atomic mass is 16.3. The van der Waals surface area contributed by atoms with Gasteiger partial charge in [-0.3, -0.25) is 0 Å². The van der Waals surface area contributed by atoms with Crippen LogP contribution in [0.4, 0.5) is 0 Å². The molecule has 0 aliphatic carbocycles. The highest BCUT2D eigenvalue weighted by Crippen LogP contribution is 2.18. The molecule has 1 N–H and O–H groups in total. The first-order chi connectivity index (χ1) is 7.61. The van der Waals surface area contributed by atoms with E-state index in [1.807, 2.05) is 13.0 Å². The molecule has 0 aromatic carbocycles. The molecule has 1 atom stereocenters. The quantitative estimate of drug-likeness (QED) is 0.689. The Morgan fingerprint density at radius 1 is 1.50 bits per heavy atom. The standard InChI is InChI=1S/C13H26N2O/c1-4-7-14(3)11-13-5-8-15(9-6-13)10-12(2)16/h4,12-13,16H,1,5-11H2,2-3H3/t12-/m0/s1. The number of rotatable bonds is 6. The van der Waals surface area contributed by atoms with Crippen LogP contribution in [0.15, 0.2) is 12.7 Å². The van der Waals surface area contributed by atoms with Crippen LogP contribution in [0.3, 0.4) is 0 Å². The van der Waals surface area contributed by atoms with E-state index < -0.39 is 0 Å². The van der Waals surface area contributed by atoms with Crippen molar-refractivity contribution in [1.29, 1.82) is 0 Å². The molecule has 0 bridgehead atoms. The molecule has 0 amide bonds. The predicted molar refractivity (Wildman–Crippen MR) is 68.5 cm³/mol. The Morgan fingerprint density at radius 2 is 2.12 bits per heavy atom. The average Bonchev–Trinajstić information content (AvgIpc) is 2.20. The molecule has 0 spiro atoms. The second-order valence-electron chi connectivity index (χ2n) is 5.10. The number of likely N-dealkylation sites (tertiary alicyclic amines) is 1. The third-order valence-corrected chi connectivity index (χ3v) is 3.24. The lowest BCUT2D eigenvalue weighted by Crippen LogP contribution is -2.40. The van der Waals surface area contributed by atoms with Gasteiger partial charge in [0.2, 0.25) is 0 Å². The molecule has 3 heteroatoms. The van der Waals surface area contributed by atoms with Gasteiger partial charge in [-0.15, -0.1) is 6.58 Å². The zero-order chi connectivity index (χ0) is 12.0. The molecular weight excluding hydrogens is 200 g/mol. The molecule has 0 unspecified atom stereocenters. The maximum Gasteiger partial charge on any atom is 0.0639 e. The number of aliphatic hydroxyl groups is 1. The van der Waals surface area contributed by atoms with Crippen molar-refractivity contribution >= 4 is 0 Å². The van der Waals surface area contributed by atoms with Crippen molar-refractivity contribution in [2.45, 2.75) is 25.9 Å². The predicted octanol–water partition coefficient (Wildman–Crippen LogP) is 1.20. The molecule has 0 saturated carbocycles. The molecular formula is C13H26N2O. The Labute approximate surface area is 99.7 Å². The Morgan fingerprint density at radius 3 is 2.62 bits per heavy atom. The van der Waals surface area contributed by atoms with Crippen molar-refractivity contribution in [2.24, 2.45) is 5.92 Å². The fourth-order valence-corrected chi connectivity index (χ4v) is 2.46. The Bertz CT molecular complexity index is 198. The lowest BCUT2D eigenvalue weighted by molar-refractivity contribution is 0.0935. The van der Waals surface area contributed by atoms with Crippen LogP contribution in [0.2, 0.25) is 0 Å². The van der Waals surface area contributed by atoms with E-state index in [4.69, 9.17) is 0 Å². The van der Waals surface area contributed by atoms with Crippen molar-refractivity contribution < 1.29 is 5.11 Å². The summed E-state index contributed by atoms with van der Waals surface area (Å²) in [5, 5.41) is 9.32. The second-order valence-corrected chi connectivity index (χ2v) is 5.10. The van der Waals surface area contributed by atoms with E-state index >= 15 is 0 Å². The van der Waals surface area contributed by atoms with E-state index in [2.05, 4.69) is 23.4 Å². The summed E-state index contributed by atoms with van der Waals surface area (Å²) in [6, 6.07) is 0. The summed E-state index contributed by atoms with van der Waals surface area (Å²) >= 11 is 0. The van der Waals surface area contributed by atoms with Gasteiger partial charge in [0.1, 0.15) is 0 Å². The minimum absolute atomic E-state index is 0.194. The van der Waals surface area contributed by atoms with Crippen LogP contribution >= 0.6 is 0 Å². The molecule has 94 valence electrons. The van der Waals surface area contributed by atoms with Gasteiger partial charge in [-0.1, -0.05) is 6.08 Å². The summed E-state index contributed by atoms with van der Waals surface area (Å²) < 4.78 is 0. The average molecular weight is 226 g/mol. The fraction of sp³-hybridized carbons (Fsp3) is 0.846. The summed E-state index contributed by atoms with van der Waals surface area (Å²) in [5.74, 6) is 0.815. The Hall–Kier alpha value is -0.380. The maximum absolute atomic E-state index is 9.32. The lowest BCUT2D eigenvalue weighted by Gasteiger charge is -2.34. The van der Waals surface area contributed by atoms with Crippen molar-refractivity contribution in [3.8, 4) is 0 Å². The minimum Gasteiger partial charge on any atom is -0.392 e. The van der Waals surface area contributed by atoms with Crippen molar-refractivity contribution in [1.82, 2.24) is 9.80 Å². The number of aliphatic hydroxyl groups excluding tert-OH is 1. The summed E-state index contributed by atoms with van der Waals surface area (Å²) in [7, 11) is 2.16. The largest absolute Gasteiger partial charge is 0.392 e. The zero-order valence-corrected chi connectivity index (χ0v) is 10.7. The van der Waals surface area contributed by atoms with Crippen LogP contribution in [0.1, 0.15) is 19.8 Å². The van der Waals surface area contributed by atoms with Gasteiger partial charge in [-0.25, -0.2) is 0 Å². The third kappa shape index (κ3) is 5.10. The summed E-state index contributed by atoms with van der Waals surface area (Å²) in [4.78, 5) is 4.71. The summed E-state index contributed by atoms with van der Waals surface area (Å²) in [6.45, 7) is 10.9. The van der Waals surface area contributed by atoms with Gasteiger partial charge in [0.15, 0.2) is 0 Å². The molecule has 1 aliphatic heterocycles. The van der Waals surface area contributed by atoms with Crippen molar-refractivity contribution in [3.05, 3.63) is 12.7 Å². The number of nitrogens with zero attached hydrogens (tertiary/aromatic N) is 2. The topological polar surface area (TPSA) is 26.7 Å². The molecule has 1 fully saturated rings. The molecule has 0 aromatic rings. The van der Waals surface area contributed by atoms with Crippen LogP contribution in [0, 0.1) is 5.92 Å². The van der Waals surface area contributed by atoms with E-state index in [1.165, 1.54) is 19.4 Å². The first-order valence-electron chi connectivity index (χ1n) is 6.31. The van der Waals surface area contributed by atoms with Crippen LogP contribution < -0.4 is 0 Å². The number of β-amino-alcohol motifs (C(OH)–C–C–N with tert-alkyl or cyclic N) is 1. The molecule has 1 saturated heterocycles. The smallest absolute Gasteiger partial charge is 0.0639 e. The first kappa shape index (κ1) is 13.7. The Kier molecular flexibility index (Phi) is 6.03.